The molecular formula is C23H30BrNO. The molecule has 2 nitrogen and oxygen atoms in total. The third-order valence-corrected chi connectivity index (χ3v) is 5.53. The number of rotatable bonds is 7. The summed E-state index contributed by atoms with van der Waals surface area (Å²) in [5, 5.41) is 10.4. The highest BCUT2D eigenvalue weighted by atomic mass is 79.9. The van der Waals surface area contributed by atoms with Crippen molar-refractivity contribution in [1.82, 2.24) is 0 Å². The Balaban J connectivity index is 0.00000243. The van der Waals surface area contributed by atoms with Crippen LogP contribution in [0.4, 0.5) is 0 Å². The molecule has 0 bridgehead atoms. The summed E-state index contributed by atoms with van der Waals surface area (Å²) in [5.41, 5.74) is 3.61. The number of phenolic OH excluding ortho intramolecular Hbond substituents is 1. The van der Waals surface area contributed by atoms with Crippen molar-refractivity contribution in [3.05, 3.63) is 77.9 Å². The SMILES string of the molecule is C=C(C)C[N+]1(CCC(c2ccccc2)c2ccccc2O)CCCC1.[Br-]. The average Bonchev–Trinajstić information content (AvgIpc) is 3.05. The summed E-state index contributed by atoms with van der Waals surface area (Å²) in [4.78, 5) is 0. The van der Waals surface area contributed by atoms with Crippen molar-refractivity contribution in [2.24, 2.45) is 0 Å². The maximum absolute atomic E-state index is 10.4. The van der Waals surface area contributed by atoms with Gasteiger partial charge < -0.3 is 26.6 Å². The number of aromatic hydroxyl groups is 1. The Bertz CT molecular complexity index is 707. The number of benzene rings is 2. The van der Waals surface area contributed by atoms with E-state index < -0.39 is 0 Å². The van der Waals surface area contributed by atoms with E-state index in [1.165, 1.54) is 37.1 Å². The fourth-order valence-electron chi connectivity index (χ4n) is 4.41. The quantitative estimate of drug-likeness (QED) is 0.542. The molecule has 140 valence electrons. The highest BCUT2D eigenvalue weighted by molar-refractivity contribution is 5.41. The molecular weight excluding hydrogens is 386 g/mol. The van der Waals surface area contributed by atoms with Crippen molar-refractivity contribution in [1.29, 1.82) is 0 Å². The van der Waals surface area contributed by atoms with Gasteiger partial charge in [-0.1, -0.05) is 55.1 Å². The molecule has 1 heterocycles. The predicted molar refractivity (Wildman–Crippen MR) is 105 cm³/mol. The summed E-state index contributed by atoms with van der Waals surface area (Å²) in [5.74, 6) is 0.646. The lowest BCUT2D eigenvalue weighted by Crippen LogP contribution is -3.00. The topological polar surface area (TPSA) is 20.2 Å². The Morgan fingerprint density at radius 3 is 2.27 bits per heavy atom. The molecule has 1 atom stereocenters. The van der Waals surface area contributed by atoms with Gasteiger partial charge in [-0.05, 0) is 24.1 Å². The van der Waals surface area contributed by atoms with Gasteiger partial charge in [-0.15, -0.1) is 0 Å². The van der Waals surface area contributed by atoms with Crippen LogP contribution in [0.15, 0.2) is 66.7 Å². The molecule has 1 aliphatic rings. The molecule has 1 saturated heterocycles. The second kappa shape index (κ2) is 9.38. The minimum atomic E-state index is 0. The molecule has 1 aliphatic heterocycles. The van der Waals surface area contributed by atoms with Gasteiger partial charge in [0.25, 0.3) is 0 Å². The summed E-state index contributed by atoms with van der Waals surface area (Å²) in [6, 6.07) is 18.4. The van der Waals surface area contributed by atoms with Crippen LogP contribution >= 0.6 is 0 Å². The lowest BCUT2D eigenvalue weighted by atomic mass is 9.87. The fraction of sp³-hybridized carbons (Fsp3) is 0.391. The van der Waals surface area contributed by atoms with E-state index in [1.807, 2.05) is 12.1 Å². The van der Waals surface area contributed by atoms with Crippen molar-refractivity contribution in [2.45, 2.75) is 32.1 Å². The summed E-state index contributed by atoms with van der Waals surface area (Å²) in [6.07, 6.45) is 3.69. The Morgan fingerprint density at radius 2 is 1.65 bits per heavy atom. The molecule has 0 aromatic heterocycles. The first-order valence-corrected chi connectivity index (χ1v) is 9.42. The molecule has 2 aromatic carbocycles. The lowest BCUT2D eigenvalue weighted by Gasteiger charge is -2.36. The monoisotopic (exact) mass is 415 g/mol. The van der Waals surface area contributed by atoms with E-state index >= 15 is 0 Å². The van der Waals surface area contributed by atoms with Gasteiger partial charge in [0, 0.05) is 30.7 Å². The van der Waals surface area contributed by atoms with Crippen molar-refractivity contribution >= 4 is 0 Å². The Labute approximate surface area is 168 Å². The number of phenols is 1. The maximum atomic E-state index is 10.4. The second-order valence-corrected chi connectivity index (χ2v) is 7.65. The molecule has 3 rings (SSSR count). The number of halogens is 1. The molecule has 1 unspecified atom stereocenters. The molecule has 0 amide bonds. The summed E-state index contributed by atoms with van der Waals surface area (Å²) < 4.78 is 1.16. The van der Waals surface area contributed by atoms with Crippen molar-refractivity contribution in [2.75, 3.05) is 26.2 Å². The number of para-hydroxylation sites is 1. The van der Waals surface area contributed by atoms with Gasteiger partial charge in [-0.3, -0.25) is 0 Å². The van der Waals surface area contributed by atoms with Gasteiger partial charge in [0.05, 0.1) is 26.2 Å². The highest BCUT2D eigenvalue weighted by Gasteiger charge is 2.33. The largest absolute Gasteiger partial charge is 1.00 e. The van der Waals surface area contributed by atoms with Crippen LogP contribution in [-0.4, -0.2) is 35.8 Å². The summed E-state index contributed by atoms with van der Waals surface area (Å²) in [7, 11) is 0. The number of likely N-dealkylation sites (tertiary alicyclic amines) is 1. The van der Waals surface area contributed by atoms with Gasteiger partial charge >= 0.3 is 0 Å². The van der Waals surface area contributed by atoms with Crippen molar-refractivity contribution in [3.8, 4) is 5.75 Å². The van der Waals surface area contributed by atoms with E-state index in [-0.39, 0.29) is 22.9 Å². The fourth-order valence-corrected chi connectivity index (χ4v) is 4.41. The third-order valence-electron chi connectivity index (χ3n) is 5.53. The number of hydrogen-bond acceptors (Lipinski definition) is 1. The van der Waals surface area contributed by atoms with E-state index in [0.717, 1.165) is 29.6 Å². The van der Waals surface area contributed by atoms with E-state index in [4.69, 9.17) is 0 Å². The van der Waals surface area contributed by atoms with Crippen LogP contribution in [0, 0.1) is 0 Å². The number of quaternary nitrogens is 1. The van der Waals surface area contributed by atoms with Crippen molar-refractivity contribution < 1.29 is 26.6 Å². The zero-order valence-electron chi connectivity index (χ0n) is 15.7. The second-order valence-electron chi connectivity index (χ2n) is 7.65. The average molecular weight is 416 g/mol. The molecule has 0 radical (unpaired) electrons. The van der Waals surface area contributed by atoms with E-state index in [1.54, 1.807) is 6.07 Å². The maximum Gasteiger partial charge on any atom is 0.119 e. The summed E-state index contributed by atoms with van der Waals surface area (Å²) >= 11 is 0. The first kappa shape index (κ1) is 20.7. The Morgan fingerprint density at radius 1 is 1.04 bits per heavy atom. The van der Waals surface area contributed by atoms with Gasteiger partial charge in [-0.2, -0.15) is 0 Å². The molecule has 1 fully saturated rings. The summed E-state index contributed by atoms with van der Waals surface area (Å²) in [6.45, 7) is 11.1. The van der Waals surface area contributed by atoms with Crippen LogP contribution in [0.1, 0.15) is 43.2 Å². The van der Waals surface area contributed by atoms with E-state index in [2.05, 4.69) is 49.9 Å². The van der Waals surface area contributed by atoms with Crippen LogP contribution < -0.4 is 17.0 Å². The van der Waals surface area contributed by atoms with E-state index in [9.17, 15) is 5.11 Å². The minimum Gasteiger partial charge on any atom is -1.00 e. The zero-order valence-corrected chi connectivity index (χ0v) is 17.3. The van der Waals surface area contributed by atoms with Crippen LogP contribution in [0.5, 0.6) is 5.75 Å². The molecule has 3 heteroatoms. The normalized spacial score (nSPS) is 16.7. The number of hydrogen-bond donors (Lipinski definition) is 1. The lowest BCUT2D eigenvalue weighted by molar-refractivity contribution is -0.912. The standard InChI is InChI=1S/C23H29NO.BrH/c1-19(2)18-24(15-8-9-16-24)17-14-21(20-10-4-3-5-11-20)22-12-6-7-13-23(22)25;/h3-7,10-13,21H,1,8-9,14-18H2,2H3;1H. The van der Waals surface area contributed by atoms with E-state index in [0.29, 0.717) is 5.75 Å². The Kier molecular flexibility index (Phi) is 7.48. The number of nitrogens with zero attached hydrogens (tertiary/aromatic N) is 1. The first-order valence-electron chi connectivity index (χ1n) is 9.42. The molecule has 2 aromatic rings. The zero-order chi connectivity index (χ0) is 17.7. The van der Waals surface area contributed by atoms with Gasteiger partial charge in [0.15, 0.2) is 0 Å². The van der Waals surface area contributed by atoms with Crippen molar-refractivity contribution in [3.63, 3.8) is 0 Å². The third kappa shape index (κ3) is 4.99. The van der Waals surface area contributed by atoms with Gasteiger partial charge in [0.2, 0.25) is 0 Å². The molecule has 0 spiro atoms. The van der Waals surface area contributed by atoms with Crippen LogP contribution in [0.25, 0.3) is 0 Å². The van der Waals surface area contributed by atoms with Gasteiger partial charge in [0.1, 0.15) is 5.75 Å². The van der Waals surface area contributed by atoms with Gasteiger partial charge in [-0.25, -0.2) is 0 Å². The molecule has 0 saturated carbocycles. The highest BCUT2D eigenvalue weighted by Crippen LogP contribution is 2.35. The predicted octanol–water partition coefficient (Wildman–Crippen LogP) is 2.10. The van der Waals surface area contributed by atoms with Crippen LogP contribution in [0.3, 0.4) is 0 Å². The smallest absolute Gasteiger partial charge is 0.119 e. The van der Waals surface area contributed by atoms with Crippen LogP contribution in [0.2, 0.25) is 0 Å². The Hall–Kier alpha value is -1.58. The molecule has 0 aliphatic carbocycles. The molecule has 26 heavy (non-hydrogen) atoms. The minimum absolute atomic E-state index is 0. The molecule has 1 N–H and O–H groups in total. The van der Waals surface area contributed by atoms with Crippen LogP contribution in [-0.2, 0) is 0 Å². The first-order chi connectivity index (χ1) is 12.1.